The number of hydrogen-bond donors (Lipinski definition) is 0. The molecule has 0 nitrogen and oxygen atoms in total. The van der Waals surface area contributed by atoms with Crippen molar-refractivity contribution >= 4 is 0 Å². The van der Waals surface area contributed by atoms with Crippen molar-refractivity contribution in [3.8, 4) is 24.2 Å². The van der Waals surface area contributed by atoms with Crippen molar-refractivity contribution in [2.45, 2.75) is 11.8 Å². The Morgan fingerprint density at radius 2 is 1.12 bits per heavy atom. The molecule has 0 aromatic heterocycles. The lowest BCUT2D eigenvalue weighted by Gasteiger charge is -2.27. The first-order valence-corrected chi connectivity index (χ1v) is 7.98. The highest BCUT2D eigenvalue weighted by molar-refractivity contribution is 5.49. The minimum absolute atomic E-state index is 0.537. The van der Waals surface area contributed by atoms with E-state index in [1.165, 1.54) is 0 Å². The first-order chi connectivity index (χ1) is 11.8. The zero-order valence-electron chi connectivity index (χ0n) is 13.4. The first kappa shape index (κ1) is 15.7. The van der Waals surface area contributed by atoms with Crippen LogP contribution in [0.25, 0.3) is 0 Å². The summed E-state index contributed by atoms with van der Waals surface area (Å²) in [5, 5.41) is 0. The lowest BCUT2D eigenvalue weighted by Crippen LogP contribution is -2.25. The lowest BCUT2D eigenvalue weighted by atomic mass is 9.73. The summed E-state index contributed by atoms with van der Waals surface area (Å²) >= 11 is 0. The van der Waals surface area contributed by atoms with E-state index >= 15 is 0 Å². The second kappa shape index (κ2) is 7.36. The van der Waals surface area contributed by atoms with E-state index in [0.29, 0.717) is 6.42 Å². The summed E-state index contributed by atoms with van der Waals surface area (Å²) < 4.78 is 0. The first-order valence-electron chi connectivity index (χ1n) is 7.98. The van der Waals surface area contributed by atoms with Gasteiger partial charge in [0.1, 0.15) is 0 Å². The molecule has 3 rings (SSSR count). The van der Waals surface area contributed by atoms with Gasteiger partial charge < -0.3 is 0 Å². The third kappa shape index (κ3) is 3.24. The van der Waals surface area contributed by atoms with Gasteiger partial charge in [-0.25, -0.2) is 0 Å². The molecule has 3 aromatic rings. The van der Waals surface area contributed by atoms with Crippen molar-refractivity contribution in [3.05, 3.63) is 108 Å². The Hall–Kier alpha value is -3.22. The van der Waals surface area contributed by atoms with E-state index in [9.17, 15) is 0 Å². The molecule has 0 N–H and O–H groups in total. The summed E-state index contributed by atoms with van der Waals surface area (Å²) in [5.74, 6) is 9.56. The van der Waals surface area contributed by atoms with Crippen molar-refractivity contribution < 1.29 is 0 Å². The summed E-state index contributed by atoms with van der Waals surface area (Å²) in [6.07, 6.45) is 6.61. The highest BCUT2D eigenvalue weighted by Gasteiger charge is 2.31. The van der Waals surface area contributed by atoms with Gasteiger partial charge in [-0.3, -0.25) is 0 Å². The molecule has 114 valence electrons. The minimum atomic E-state index is -0.537. The van der Waals surface area contributed by atoms with Gasteiger partial charge in [-0.2, -0.15) is 0 Å². The normalized spacial score (nSPS) is 10.3. The molecule has 0 saturated carbocycles. The van der Waals surface area contributed by atoms with Crippen LogP contribution in [0, 0.1) is 24.2 Å². The van der Waals surface area contributed by atoms with E-state index in [-0.39, 0.29) is 0 Å². The summed E-state index contributed by atoms with van der Waals surface area (Å²) in [6.45, 7) is 0. The van der Waals surface area contributed by atoms with Crippen LogP contribution >= 0.6 is 0 Å². The van der Waals surface area contributed by atoms with E-state index in [0.717, 1.165) is 16.7 Å². The molecule has 0 unspecified atom stereocenters. The van der Waals surface area contributed by atoms with E-state index in [1.54, 1.807) is 0 Å². The standard InChI is InChI=1S/C24H18/c1-2-24(22-16-8-4-9-17-22,23-18-10-5-11-19-23)20-12-15-21-13-6-3-7-14-21/h1,3-11,13-14,16-19H,20H2. The van der Waals surface area contributed by atoms with Crippen molar-refractivity contribution in [2.24, 2.45) is 0 Å². The molecule has 0 bridgehead atoms. The second-order valence-corrected chi connectivity index (χ2v) is 5.63. The Bertz CT molecular complexity index is 833. The molecule has 0 aliphatic rings. The van der Waals surface area contributed by atoms with Crippen LogP contribution in [-0.2, 0) is 5.41 Å². The molecule has 0 amide bonds. The highest BCUT2D eigenvalue weighted by Crippen LogP contribution is 2.34. The maximum atomic E-state index is 6.03. The van der Waals surface area contributed by atoms with Gasteiger partial charge in [0.25, 0.3) is 0 Å². The van der Waals surface area contributed by atoms with Crippen LogP contribution in [0.5, 0.6) is 0 Å². The summed E-state index contributed by atoms with van der Waals surface area (Å²) in [5.41, 5.74) is 2.66. The smallest absolute Gasteiger partial charge is 0.0918 e. The maximum absolute atomic E-state index is 6.03. The molecular weight excluding hydrogens is 288 g/mol. The molecular formula is C24H18. The fourth-order valence-electron chi connectivity index (χ4n) is 2.83. The Labute approximate surface area is 144 Å². The third-order valence-electron chi connectivity index (χ3n) is 4.14. The predicted molar refractivity (Wildman–Crippen MR) is 100 cm³/mol. The van der Waals surface area contributed by atoms with Gasteiger partial charge in [-0.15, -0.1) is 6.42 Å². The third-order valence-corrected chi connectivity index (χ3v) is 4.14. The molecule has 0 aliphatic carbocycles. The van der Waals surface area contributed by atoms with E-state index < -0.39 is 5.41 Å². The van der Waals surface area contributed by atoms with Gasteiger partial charge in [-0.05, 0) is 23.3 Å². The number of rotatable bonds is 3. The largest absolute Gasteiger partial charge is 0.119 e. The molecule has 0 aliphatic heterocycles. The summed E-state index contributed by atoms with van der Waals surface area (Å²) in [6, 6.07) is 30.4. The second-order valence-electron chi connectivity index (χ2n) is 5.63. The molecule has 0 spiro atoms. The summed E-state index contributed by atoms with van der Waals surface area (Å²) in [7, 11) is 0. The van der Waals surface area contributed by atoms with Crippen molar-refractivity contribution in [2.75, 3.05) is 0 Å². The minimum Gasteiger partial charge on any atom is -0.119 e. The van der Waals surface area contributed by atoms with Crippen molar-refractivity contribution in [3.63, 3.8) is 0 Å². The Morgan fingerprint density at radius 1 is 0.667 bits per heavy atom. The molecule has 3 aromatic carbocycles. The Balaban J connectivity index is 2.03. The van der Waals surface area contributed by atoms with Gasteiger partial charge in [0.15, 0.2) is 0 Å². The quantitative estimate of drug-likeness (QED) is 0.594. The van der Waals surface area contributed by atoms with E-state index in [4.69, 9.17) is 6.42 Å². The van der Waals surface area contributed by atoms with Crippen LogP contribution in [0.2, 0.25) is 0 Å². The zero-order chi connectivity index (χ0) is 16.7. The van der Waals surface area contributed by atoms with Crippen LogP contribution in [0.15, 0.2) is 91.0 Å². The van der Waals surface area contributed by atoms with Crippen LogP contribution in [0.3, 0.4) is 0 Å². The van der Waals surface area contributed by atoms with E-state index in [2.05, 4.69) is 42.0 Å². The van der Waals surface area contributed by atoms with Gasteiger partial charge in [0.2, 0.25) is 0 Å². The van der Waals surface area contributed by atoms with Gasteiger partial charge in [0, 0.05) is 12.0 Å². The van der Waals surface area contributed by atoms with Gasteiger partial charge in [0.05, 0.1) is 5.41 Å². The number of terminal acetylenes is 1. The molecule has 0 heterocycles. The predicted octanol–water partition coefficient (Wildman–Crippen LogP) is 5.05. The topological polar surface area (TPSA) is 0 Å². The average Bonchev–Trinajstić information content (AvgIpc) is 2.68. The van der Waals surface area contributed by atoms with Crippen LogP contribution in [0.4, 0.5) is 0 Å². The summed E-state index contributed by atoms with van der Waals surface area (Å²) in [4.78, 5) is 0. The SMILES string of the molecule is C#CC(CC#Cc1ccccc1)(c1ccccc1)c1ccccc1. The van der Waals surface area contributed by atoms with E-state index in [1.807, 2.05) is 66.7 Å². The molecule has 24 heavy (non-hydrogen) atoms. The molecule has 0 heteroatoms. The number of hydrogen-bond acceptors (Lipinski definition) is 0. The average molecular weight is 306 g/mol. The molecule has 0 radical (unpaired) electrons. The van der Waals surface area contributed by atoms with Crippen molar-refractivity contribution in [1.82, 2.24) is 0 Å². The monoisotopic (exact) mass is 306 g/mol. The van der Waals surface area contributed by atoms with Gasteiger partial charge in [-0.1, -0.05) is 96.6 Å². The molecule has 0 atom stereocenters. The van der Waals surface area contributed by atoms with Crippen molar-refractivity contribution in [1.29, 1.82) is 0 Å². The molecule has 0 fully saturated rings. The number of benzene rings is 3. The van der Waals surface area contributed by atoms with Crippen LogP contribution in [0.1, 0.15) is 23.1 Å². The van der Waals surface area contributed by atoms with Gasteiger partial charge >= 0.3 is 0 Å². The van der Waals surface area contributed by atoms with Crippen LogP contribution < -0.4 is 0 Å². The maximum Gasteiger partial charge on any atom is 0.0918 e. The van der Waals surface area contributed by atoms with Crippen LogP contribution in [-0.4, -0.2) is 0 Å². The lowest BCUT2D eigenvalue weighted by molar-refractivity contribution is 0.692. The Kier molecular flexibility index (Phi) is 4.81. The fraction of sp³-hybridized carbons (Fsp3) is 0.0833. The molecule has 0 saturated heterocycles. The fourth-order valence-corrected chi connectivity index (χ4v) is 2.83. The Morgan fingerprint density at radius 3 is 1.58 bits per heavy atom. The zero-order valence-corrected chi connectivity index (χ0v) is 13.4. The highest BCUT2D eigenvalue weighted by atomic mass is 14.3.